The van der Waals surface area contributed by atoms with Crippen molar-refractivity contribution in [2.45, 2.75) is 19.4 Å². The summed E-state index contributed by atoms with van der Waals surface area (Å²) in [5, 5.41) is 13.7. The van der Waals surface area contributed by atoms with Crippen LogP contribution in [-0.4, -0.2) is 28.0 Å². The van der Waals surface area contributed by atoms with Crippen molar-refractivity contribution < 1.29 is 14.6 Å². The lowest BCUT2D eigenvalue weighted by Crippen LogP contribution is -2.12. The molecule has 0 saturated carbocycles. The number of aromatic nitrogens is 2. The molecule has 0 aliphatic rings. The molecule has 14 heavy (non-hydrogen) atoms. The topological polar surface area (TPSA) is 64.3 Å². The molecule has 0 amide bonds. The van der Waals surface area contributed by atoms with Crippen molar-refractivity contribution >= 4 is 5.97 Å². The van der Waals surface area contributed by atoms with Crippen LogP contribution in [-0.2, 0) is 16.6 Å². The summed E-state index contributed by atoms with van der Waals surface area (Å²) in [7, 11) is 3.02. The summed E-state index contributed by atoms with van der Waals surface area (Å²) >= 11 is 0. The van der Waals surface area contributed by atoms with Crippen LogP contribution in [0.3, 0.4) is 0 Å². The van der Waals surface area contributed by atoms with E-state index in [1.54, 1.807) is 17.9 Å². The maximum Gasteiger partial charge on any atom is 0.308 e. The van der Waals surface area contributed by atoms with Crippen LogP contribution >= 0.6 is 0 Å². The lowest BCUT2D eigenvalue weighted by Gasteiger charge is -2.10. The maximum atomic E-state index is 10.9. The van der Waals surface area contributed by atoms with Gasteiger partial charge >= 0.3 is 5.97 Å². The van der Waals surface area contributed by atoms with Gasteiger partial charge in [0.15, 0.2) is 0 Å². The number of hydrogen-bond donors (Lipinski definition) is 1. The highest BCUT2D eigenvalue weighted by Crippen LogP contribution is 2.19. The fraction of sp³-hybridized carbons (Fsp3) is 0.556. The molecule has 5 heteroatoms. The number of methoxy groups -OCH3 is 1. The molecule has 0 spiro atoms. The van der Waals surface area contributed by atoms with Crippen LogP contribution in [0.15, 0.2) is 6.20 Å². The van der Waals surface area contributed by atoms with E-state index >= 15 is 0 Å². The number of aliphatic hydroxyl groups excluding tert-OH is 1. The quantitative estimate of drug-likeness (QED) is 0.710. The van der Waals surface area contributed by atoms with E-state index in [0.717, 1.165) is 5.56 Å². The molecule has 0 fully saturated rings. The normalized spacial score (nSPS) is 12.6. The molecule has 0 aliphatic heterocycles. The summed E-state index contributed by atoms with van der Waals surface area (Å²) in [4.78, 5) is 10.9. The van der Waals surface area contributed by atoms with E-state index in [2.05, 4.69) is 9.84 Å². The number of carbonyl (C=O) groups is 1. The lowest BCUT2D eigenvalue weighted by molar-refractivity contribution is -0.143. The van der Waals surface area contributed by atoms with Crippen molar-refractivity contribution in [3.8, 4) is 0 Å². The number of hydrogen-bond acceptors (Lipinski definition) is 4. The van der Waals surface area contributed by atoms with Gasteiger partial charge in [-0.1, -0.05) is 0 Å². The highest BCUT2D eigenvalue weighted by atomic mass is 16.5. The Bertz CT molecular complexity index is 313. The smallest absolute Gasteiger partial charge is 0.308 e. The summed E-state index contributed by atoms with van der Waals surface area (Å²) in [6, 6.07) is 0. The van der Waals surface area contributed by atoms with Crippen LogP contribution < -0.4 is 0 Å². The predicted molar refractivity (Wildman–Crippen MR) is 49.5 cm³/mol. The molecule has 0 bridgehead atoms. The van der Waals surface area contributed by atoms with Crippen molar-refractivity contribution in [1.29, 1.82) is 0 Å². The van der Waals surface area contributed by atoms with Crippen molar-refractivity contribution in [3.05, 3.63) is 17.5 Å². The van der Waals surface area contributed by atoms with Crippen molar-refractivity contribution in [1.82, 2.24) is 9.78 Å². The minimum atomic E-state index is -0.852. The van der Waals surface area contributed by atoms with E-state index in [1.807, 2.05) is 6.92 Å². The Labute approximate surface area is 82.3 Å². The third-order valence-corrected chi connectivity index (χ3v) is 2.08. The van der Waals surface area contributed by atoms with Gasteiger partial charge in [0.25, 0.3) is 0 Å². The van der Waals surface area contributed by atoms with Crippen LogP contribution in [0, 0.1) is 6.92 Å². The van der Waals surface area contributed by atoms with E-state index in [1.165, 1.54) is 7.11 Å². The zero-order chi connectivity index (χ0) is 10.7. The van der Waals surface area contributed by atoms with Gasteiger partial charge < -0.3 is 9.84 Å². The van der Waals surface area contributed by atoms with Gasteiger partial charge in [-0.2, -0.15) is 5.10 Å². The van der Waals surface area contributed by atoms with Crippen LogP contribution in [0.5, 0.6) is 0 Å². The summed E-state index contributed by atoms with van der Waals surface area (Å²) in [5.74, 6) is -0.432. The minimum absolute atomic E-state index is 0.0448. The van der Waals surface area contributed by atoms with E-state index in [9.17, 15) is 9.90 Å². The van der Waals surface area contributed by atoms with Crippen molar-refractivity contribution in [2.75, 3.05) is 7.11 Å². The van der Waals surface area contributed by atoms with Crippen molar-refractivity contribution in [2.24, 2.45) is 7.05 Å². The third-order valence-electron chi connectivity index (χ3n) is 2.08. The second kappa shape index (κ2) is 4.23. The Morgan fingerprint density at radius 1 is 1.79 bits per heavy atom. The van der Waals surface area contributed by atoms with Gasteiger partial charge in [0, 0.05) is 7.05 Å². The fourth-order valence-electron chi connectivity index (χ4n) is 1.37. The van der Waals surface area contributed by atoms with Crippen LogP contribution in [0.2, 0.25) is 0 Å². The molecule has 1 aromatic heterocycles. The Balaban J connectivity index is 2.78. The zero-order valence-electron chi connectivity index (χ0n) is 8.52. The molecule has 5 nitrogen and oxygen atoms in total. The number of rotatable bonds is 3. The number of nitrogens with zero attached hydrogens (tertiary/aromatic N) is 2. The van der Waals surface area contributed by atoms with Crippen LogP contribution in [0.25, 0.3) is 0 Å². The SMILES string of the molecule is COC(=O)CC(O)c1c(C)cnn1C. The van der Waals surface area contributed by atoms with Gasteiger partial charge in [0.1, 0.15) is 6.10 Å². The Morgan fingerprint density at radius 3 is 2.86 bits per heavy atom. The maximum absolute atomic E-state index is 10.9. The molecule has 1 heterocycles. The molecule has 0 saturated heterocycles. The predicted octanol–water partition coefficient (Wildman–Crippen LogP) is 0.325. The number of ether oxygens (including phenoxy) is 1. The van der Waals surface area contributed by atoms with Gasteiger partial charge in [-0.25, -0.2) is 0 Å². The largest absolute Gasteiger partial charge is 0.469 e. The van der Waals surface area contributed by atoms with Gasteiger partial charge in [-0.05, 0) is 12.5 Å². The first-order valence-corrected chi connectivity index (χ1v) is 4.29. The first-order chi connectivity index (χ1) is 6.56. The standard InChI is InChI=1S/C9H14N2O3/c1-6-5-10-11(2)9(6)7(12)4-8(13)14-3/h5,7,12H,4H2,1-3H3. The average molecular weight is 198 g/mol. The highest BCUT2D eigenvalue weighted by Gasteiger charge is 2.18. The van der Waals surface area contributed by atoms with E-state index in [-0.39, 0.29) is 6.42 Å². The molecule has 78 valence electrons. The van der Waals surface area contributed by atoms with Gasteiger partial charge in [-0.15, -0.1) is 0 Å². The number of aryl methyl sites for hydroxylation is 2. The summed E-state index contributed by atoms with van der Waals surface area (Å²) in [6.45, 7) is 1.84. The van der Waals surface area contributed by atoms with E-state index in [4.69, 9.17) is 0 Å². The Morgan fingerprint density at radius 2 is 2.43 bits per heavy atom. The third kappa shape index (κ3) is 2.11. The Hall–Kier alpha value is -1.36. The molecule has 1 aromatic rings. The van der Waals surface area contributed by atoms with Crippen molar-refractivity contribution in [3.63, 3.8) is 0 Å². The second-order valence-corrected chi connectivity index (χ2v) is 3.13. The Kier molecular flexibility index (Phi) is 3.24. The van der Waals surface area contributed by atoms with Crippen LogP contribution in [0.1, 0.15) is 23.8 Å². The van der Waals surface area contributed by atoms with E-state index < -0.39 is 12.1 Å². The number of esters is 1. The molecule has 0 radical (unpaired) electrons. The molecular formula is C9H14N2O3. The average Bonchev–Trinajstić information content (AvgIpc) is 2.46. The van der Waals surface area contributed by atoms with Gasteiger partial charge in [-0.3, -0.25) is 9.48 Å². The monoisotopic (exact) mass is 198 g/mol. The van der Waals surface area contributed by atoms with Gasteiger partial charge in [0.2, 0.25) is 0 Å². The molecular weight excluding hydrogens is 184 g/mol. The summed E-state index contributed by atoms with van der Waals surface area (Å²) in [5.41, 5.74) is 1.51. The van der Waals surface area contributed by atoms with Crippen LogP contribution in [0.4, 0.5) is 0 Å². The first-order valence-electron chi connectivity index (χ1n) is 4.29. The lowest BCUT2D eigenvalue weighted by atomic mass is 10.1. The second-order valence-electron chi connectivity index (χ2n) is 3.13. The molecule has 1 atom stereocenters. The first kappa shape index (κ1) is 10.7. The molecule has 0 aliphatic carbocycles. The zero-order valence-corrected chi connectivity index (χ0v) is 8.52. The fourth-order valence-corrected chi connectivity index (χ4v) is 1.37. The number of carbonyl (C=O) groups excluding carboxylic acids is 1. The van der Waals surface area contributed by atoms with Gasteiger partial charge in [0.05, 0.1) is 25.4 Å². The molecule has 1 rings (SSSR count). The summed E-state index contributed by atoms with van der Waals surface area (Å²) in [6.07, 6.45) is 0.752. The highest BCUT2D eigenvalue weighted by molar-refractivity contribution is 5.70. The minimum Gasteiger partial charge on any atom is -0.469 e. The molecule has 1 unspecified atom stereocenters. The number of aliphatic hydroxyl groups is 1. The van der Waals surface area contributed by atoms with E-state index in [0.29, 0.717) is 5.69 Å². The molecule has 0 aromatic carbocycles. The molecule has 1 N–H and O–H groups in total. The summed E-state index contributed by atoms with van der Waals surface area (Å²) < 4.78 is 6.03.